The molecule has 0 bridgehead atoms. The molecule has 1 atom stereocenters. The second-order valence-electron chi connectivity index (χ2n) is 5.16. The molecule has 1 N–H and O–H groups in total. The minimum Gasteiger partial charge on any atom is -0.296 e. The molecular weight excluding hydrogens is 271 g/mol. The van der Waals surface area contributed by atoms with E-state index >= 15 is 0 Å². The van der Waals surface area contributed by atoms with Crippen LogP contribution in [-0.2, 0) is 6.18 Å². The van der Waals surface area contributed by atoms with Crippen molar-refractivity contribution in [3.63, 3.8) is 0 Å². The first-order valence-corrected chi connectivity index (χ1v) is 6.90. The lowest BCUT2D eigenvalue weighted by Gasteiger charge is -2.19. The predicted octanol–water partition coefficient (Wildman–Crippen LogP) is 4.51. The van der Waals surface area contributed by atoms with E-state index < -0.39 is 11.7 Å². The molecule has 0 aromatic heterocycles. The first-order valence-electron chi connectivity index (χ1n) is 6.02. The van der Waals surface area contributed by atoms with E-state index in [-0.39, 0.29) is 5.54 Å². The van der Waals surface area contributed by atoms with E-state index in [9.17, 15) is 13.2 Å². The van der Waals surface area contributed by atoms with Gasteiger partial charge in [0.2, 0.25) is 0 Å². The number of hydrogen-bond donors (Lipinski definition) is 1. The van der Waals surface area contributed by atoms with Crippen molar-refractivity contribution >= 4 is 17.8 Å². The van der Waals surface area contributed by atoms with Crippen LogP contribution in [0, 0.1) is 0 Å². The average Bonchev–Trinajstić information content (AvgIpc) is 2.51. The second kappa shape index (κ2) is 4.87. The molecule has 1 aliphatic heterocycles. The zero-order valence-electron chi connectivity index (χ0n) is 11.0. The summed E-state index contributed by atoms with van der Waals surface area (Å²) in [6.45, 7) is 6.21. The fourth-order valence-corrected chi connectivity index (χ4v) is 3.37. The van der Waals surface area contributed by atoms with Crippen molar-refractivity contribution in [2.45, 2.75) is 37.9 Å². The van der Waals surface area contributed by atoms with Crippen molar-refractivity contribution < 1.29 is 13.2 Å². The molecule has 0 aliphatic carbocycles. The summed E-state index contributed by atoms with van der Waals surface area (Å²) in [7, 11) is 0. The lowest BCUT2D eigenvalue weighted by atomic mass is 10.0. The standard InChI is InChI=1S/C14H16F3NS/c1-9-18-13(2,3)12(19-9)8-10-4-6-11(7-5-10)14(15,16)17/h4-9,18H,1-3H3. The van der Waals surface area contributed by atoms with E-state index in [2.05, 4.69) is 26.1 Å². The van der Waals surface area contributed by atoms with Crippen LogP contribution in [-0.4, -0.2) is 10.9 Å². The normalized spacial score (nSPS) is 24.9. The summed E-state index contributed by atoms with van der Waals surface area (Å²) in [6.07, 6.45) is -2.33. The molecule has 19 heavy (non-hydrogen) atoms. The maximum absolute atomic E-state index is 12.5. The summed E-state index contributed by atoms with van der Waals surface area (Å²) in [5.74, 6) is 0. The Morgan fingerprint density at radius 2 is 1.79 bits per heavy atom. The third-order valence-electron chi connectivity index (χ3n) is 3.02. The number of hydrogen-bond acceptors (Lipinski definition) is 2. The molecule has 1 fully saturated rings. The van der Waals surface area contributed by atoms with Crippen LogP contribution in [0.2, 0.25) is 0 Å². The average molecular weight is 287 g/mol. The van der Waals surface area contributed by atoms with Gasteiger partial charge < -0.3 is 0 Å². The third-order valence-corrected chi connectivity index (χ3v) is 4.37. The number of rotatable bonds is 1. The summed E-state index contributed by atoms with van der Waals surface area (Å²) in [5, 5.41) is 3.73. The highest BCUT2D eigenvalue weighted by Gasteiger charge is 2.33. The number of alkyl halides is 3. The van der Waals surface area contributed by atoms with Crippen LogP contribution < -0.4 is 5.32 Å². The van der Waals surface area contributed by atoms with Gasteiger partial charge in [0.05, 0.1) is 10.9 Å². The molecule has 1 aliphatic rings. The number of thioether (sulfide) groups is 1. The van der Waals surface area contributed by atoms with Crippen LogP contribution in [0.5, 0.6) is 0 Å². The first kappa shape index (κ1) is 14.5. The largest absolute Gasteiger partial charge is 0.416 e. The van der Waals surface area contributed by atoms with Crippen LogP contribution in [0.3, 0.4) is 0 Å². The van der Waals surface area contributed by atoms with E-state index in [1.807, 2.05) is 6.08 Å². The van der Waals surface area contributed by atoms with Crippen LogP contribution in [0.1, 0.15) is 31.9 Å². The summed E-state index contributed by atoms with van der Waals surface area (Å²) < 4.78 is 37.4. The minimum atomic E-state index is -4.27. The summed E-state index contributed by atoms with van der Waals surface area (Å²) in [5.41, 5.74) is 0.0474. The predicted molar refractivity (Wildman–Crippen MR) is 73.7 cm³/mol. The van der Waals surface area contributed by atoms with Gasteiger partial charge in [0.25, 0.3) is 0 Å². The fraction of sp³-hybridized carbons (Fsp3) is 0.429. The molecule has 1 saturated heterocycles. The maximum Gasteiger partial charge on any atom is 0.416 e. The lowest BCUT2D eigenvalue weighted by Crippen LogP contribution is -2.36. The van der Waals surface area contributed by atoms with Gasteiger partial charge in [-0.3, -0.25) is 5.32 Å². The van der Waals surface area contributed by atoms with Gasteiger partial charge in [0.1, 0.15) is 0 Å². The van der Waals surface area contributed by atoms with Gasteiger partial charge in [-0.1, -0.05) is 12.1 Å². The first-order chi connectivity index (χ1) is 8.68. The van der Waals surface area contributed by atoms with Crippen molar-refractivity contribution in [1.29, 1.82) is 0 Å². The van der Waals surface area contributed by atoms with Gasteiger partial charge in [0.15, 0.2) is 0 Å². The molecule has 0 amide bonds. The van der Waals surface area contributed by atoms with Gasteiger partial charge in [-0.15, -0.1) is 11.8 Å². The maximum atomic E-state index is 12.5. The Kier molecular flexibility index (Phi) is 3.71. The van der Waals surface area contributed by atoms with Crippen molar-refractivity contribution in [3.8, 4) is 0 Å². The van der Waals surface area contributed by atoms with Crippen molar-refractivity contribution in [2.75, 3.05) is 0 Å². The fourth-order valence-electron chi connectivity index (χ4n) is 2.08. The molecule has 2 rings (SSSR count). The molecule has 1 aromatic carbocycles. The van der Waals surface area contributed by atoms with E-state index in [0.717, 1.165) is 22.6 Å². The Balaban J connectivity index is 2.25. The number of benzene rings is 1. The Hall–Kier alpha value is -0.940. The number of nitrogens with one attached hydrogen (secondary N) is 1. The monoisotopic (exact) mass is 287 g/mol. The van der Waals surface area contributed by atoms with Crippen LogP contribution in [0.15, 0.2) is 29.2 Å². The number of halogens is 3. The Bertz CT molecular complexity index is 488. The highest BCUT2D eigenvalue weighted by Crippen LogP contribution is 2.39. The molecule has 1 aromatic rings. The summed E-state index contributed by atoms with van der Waals surface area (Å²) >= 11 is 1.70. The Labute approximate surface area is 115 Å². The Morgan fingerprint density at radius 1 is 1.21 bits per heavy atom. The molecule has 104 valence electrons. The van der Waals surface area contributed by atoms with E-state index in [1.165, 1.54) is 12.1 Å². The van der Waals surface area contributed by atoms with Gasteiger partial charge in [-0.2, -0.15) is 13.2 Å². The summed E-state index contributed by atoms with van der Waals surface area (Å²) in [4.78, 5) is 1.14. The zero-order valence-corrected chi connectivity index (χ0v) is 11.8. The van der Waals surface area contributed by atoms with Crippen molar-refractivity contribution in [1.82, 2.24) is 5.32 Å². The molecule has 1 nitrogen and oxygen atoms in total. The smallest absolute Gasteiger partial charge is 0.296 e. The highest BCUT2D eigenvalue weighted by molar-refractivity contribution is 8.04. The van der Waals surface area contributed by atoms with Gasteiger partial charge in [0, 0.05) is 10.4 Å². The molecule has 0 radical (unpaired) electrons. The topological polar surface area (TPSA) is 12.0 Å². The zero-order chi connectivity index (χ0) is 14.3. The van der Waals surface area contributed by atoms with Crippen LogP contribution in [0.4, 0.5) is 13.2 Å². The van der Waals surface area contributed by atoms with Crippen LogP contribution >= 0.6 is 11.8 Å². The minimum absolute atomic E-state index is 0.132. The van der Waals surface area contributed by atoms with Crippen molar-refractivity contribution in [2.24, 2.45) is 0 Å². The SMILES string of the molecule is CC1NC(C)(C)C(=Cc2ccc(C(F)(F)F)cc2)S1. The van der Waals surface area contributed by atoms with Gasteiger partial charge >= 0.3 is 6.18 Å². The Morgan fingerprint density at radius 3 is 2.21 bits per heavy atom. The molecule has 1 unspecified atom stereocenters. The lowest BCUT2D eigenvalue weighted by molar-refractivity contribution is -0.137. The highest BCUT2D eigenvalue weighted by atomic mass is 32.2. The van der Waals surface area contributed by atoms with Gasteiger partial charge in [-0.25, -0.2) is 0 Å². The van der Waals surface area contributed by atoms with Crippen molar-refractivity contribution in [3.05, 3.63) is 40.3 Å². The molecular formula is C14H16F3NS. The molecule has 5 heteroatoms. The molecule has 0 saturated carbocycles. The van der Waals surface area contributed by atoms with Gasteiger partial charge in [-0.05, 0) is 44.5 Å². The molecule has 0 spiro atoms. The quantitative estimate of drug-likeness (QED) is 0.815. The van der Waals surface area contributed by atoms with Crippen LogP contribution in [0.25, 0.3) is 6.08 Å². The second-order valence-corrected chi connectivity index (χ2v) is 6.54. The summed E-state index contributed by atoms with van der Waals surface area (Å²) in [6, 6.07) is 5.26. The molecule has 1 heterocycles. The van der Waals surface area contributed by atoms with E-state index in [0.29, 0.717) is 5.37 Å². The third kappa shape index (κ3) is 3.34. The van der Waals surface area contributed by atoms with E-state index in [4.69, 9.17) is 0 Å². The van der Waals surface area contributed by atoms with E-state index in [1.54, 1.807) is 11.8 Å².